The summed E-state index contributed by atoms with van der Waals surface area (Å²) in [7, 11) is 1.66. The summed E-state index contributed by atoms with van der Waals surface area (Å²) in [6, 6.07) is 12.5. The van der Waals surface area contributed by atoms with Gasteiger partial charge in [0.15, 0.2) is 11.6 Å². The van der Waals surface area contributed by atoms with Crippen LogP contribution in [0, 0.1) is 5.82 Å². The van der Waals surface area contributed by atoms with Crippen LogP contribution < -0.4 is 15.4 Å². The standard InChI is InChI=1S/C24H17F4N5O2/c1-29-23-31-11-9-19(33-23)17-6-3-10-30-22(17)35-20-12-14(7-8-18(20)25)21(34)32-16-5-2-4-15(13-16)24(26,27)28/h2-13H,1H3,(H,32,34)(H,29,31,33). The molecule has 7 nitrogen and oxygen atoms in total. The fourth-order valence-corrected chi connectivity index (χ4v) is 3.10. The minimum atomic E-state index is -4.56. The van der Waals surface area contributed by atoms with E-state index in [2.05, 4.69) is 25.6 Å². The van der Waals surface area contributed by atoms with E-state index in [-0.39, 0.29) is 22.9 Å². The fraction of sp³-hybridized carbons (Fsp3) is 0.0833. The third-order valence-electron chi connectivity index (χ3n) is 4.77. The van der Waals surface area contributed by atoms with Crippen molar-refractivity contribution in [3.8, 4) is 22.9 Å². The number of hydrogen-bond acceptors (Lipinski definition) is 6. The van der Waals surface area contributed by atoms with Gasteiger partial charge in [-0.15, -0.1) is 0 Å². The molecule has 0 aliphatic heterocycles. The van der Waals surface area contributed by atoms with Gasteiger partial charge in [-0.2, -0.15) is 13.2 Å². The van der Waals surface area contributed by atoms with E-state index in [1.165, 1.54) is 30.6 Å². The Hall–Kier alpha value is -4.54. The number of rotatable bonds is 6. The van der Waals surface area contributed by atoms with Crippen LogP contribution in [0.3, 0.4) is 0 Å². The van der Waals surface area contributed by atoms with Gasteiger partial charge in [0, 0.05) is 30.7 Å². The zero-order chi connectivity index (χ0) is 25.0. The molecule has 0 aliphatic rings. The molecular formula is C24H17F4N5O2. The van der Waals surface area contributed by atoms with Gasteiger partial charge < -0.3 is 15.4 Å². The molecule has 2 N–H and O–H groups in total. The number of carbonyl (C=O) groups is 1. The van der Waals surface area contributed by atoms with E-state index < -0.39 is 23.5 Å². The lowest BCUT2D eigenvalue weighted by molar-refractivity contribution is -0.137. The number of carbonyl (C=O) groups excluding carboxylic acids is 1. The number of anilines is 2. The molecule has 2 aromatic heterocycles. The number of alkyl halides is 3. The van der Waals surface area contributed by atoms with Crippen molar-refractivity contribution in [1.82, 2.24) is 15.0 Å². The van der Waals surface area contributed by atoms with Crippen LogP contribution in [0.5, 0.6) is 11.6 Å². The Morgan fingerprint density at radius 3 is 2.57 bits per heavy atom. The average molecular weight is 483 g/mol. The third-order valence-corrected chi connectivity index (χ3v) is 4.77. The van der Waals surface area contributed by atoms with Crippen LogP contribution >= 0.6 is 0 Å². The number of nitrogens with zero attached hydrogens (tertiary/aromatic N) is 3. The molecule has 0 unspecified atom stereocenters. The summed E-state index contributed by atoms with van der Waals surface area (Å²) in [6.45, 7) is 0. The van der Waals surface area contributed by atoms with Gasteiger partial charge in [-0.3, -0.25) is 4.79 Å². The van der Waals surface area contributed by atoms with E-state index in [4.69, 9.17) is 4.74 Å². The summed E-state index contributed by atoms with van der Waals surface area (Å²) in [5.74, 6) is -1.43. The molecule has 0 aliphatic carbocycles. The number of pyridine rings is 1. The molecule has 1 amide bonds. The number of amides is 1. The van der Waals surface area contributed by atoms with Crippen LogP contribution in [-0.4, -0.2) is 27.9 Å². The van der Waals surface area contributed by atoms with Gasteiger partial charge >= 0.3 is 6.18 Å². The van der Waals surface area contributed by atoms with Crippen LogP contribution in [0.2, 0.25) is 0 Å². The Bertz CT molecular complexity index is 1380. The number of nitrogens with one attached hydrogen (secondary N) is 2. The number of ether oxygens (including phenoxy) is 1. The zero-order valence-corrected chi connectivity index (χ0v) is 18.1. The van der Waals surface area contributed by atoms with Crippen LogP contribution in [0.1, 0.15) is 15.9 Å². The molecule has 0 radical (unpaired) electrons. The zero-order valence-electron chi connectivity index (χ0n) is 18.1. The highest BCUT2D eigenvalue weighted by Gasteiger charge is 2.30. The monoisotopic (exact) mass is 483 g/mol. The van der Waals surface area contributed by atoms with E-state index in [0.717, 1.165) is 24.3 Å². The Morgan fingerprint density at radius 2 is 1.80 bits per heavy atom. The molecule has 2 aromatic carbocycles. The lowest BCUT2D eigenvalue weighted by Crippen LogP contribution is -2.13. The van der Waals surface area contributed by atoms with Crippen molar-refractivity contribution < 1.29 is 27.1 Å². The van der Waals surface area contributed by atoms with E-state index in [1.807, 2.05) is 0 Å². The van der Waals surface area contributed by atoms with Crippen molar-refractivity contribution in [3.05, 3.63) is 90.0 Å². The minimum absolute atomic E-state index is 0.0302. The summed E-state index contributed by atoms with van der Waals surface area (Å²) in [5.41, 5.74) is -0.0910. The Kier molecular flexibility index (Phi) is 6.58. The number of halogens is 4. The Balaban J connectivity index is 1.60. The number of aromatic nitrogens is 3. The second kappa shape index (κ2) is 9.75. The first-order valence-corrected chi connectivity index (χ1v) is 10.2. The maximum absolute atomic E-state index is 14.5. The normalized spacial score (nSPS) is 11.1. The molecule has 0 spiro atoms. The van der Waals surface area contributed by atoms with E-state index in [0.29, 0.717) is 17.2 Å². The minimum Gasteiger partial charge on any atom is -0.435 e. The van der Waals surface area contributed by atoms with Crippen molar-refractivity contribution in [2.45, 2.75) is 6.18 Å². The van der Waals surface area contributed by atoms with Gasteiger partial charge in [0.2, 0.25) is 11.8 Å². The highest BCUT2D eigenvalue weighted by atomic mass is 19.4. The van der Waals surface area contributed by atoms with Crippen molar-refractivity contribution in [2.75, 3.05) is 17.7 Å². The lowest BCUT2D eigenvalue weighted by Gasteiger charge is -2.12. The average Bonchev–Trinajstić information content (AvgIpc) is 2.85. The SMILES string of the molecule is CNc1nccc(-c2cccnc2Oc2cc(C(=O)Nc3cccc(C(F)(F)F)c3)ccc2F)n1. The topological polar surface area (TPSA) is 89.0 Å². The molecule has 2 heterocycles. The molecular weight excluding hydrogens is 466 g/mol. The first kappa shape index (κ1) is 23.6. The highest BCUT2D eigenvalue weighted by molar-refractivity contribution is 6.04. The molecule has 0 saturated carbocycles. The summed E-state index contributed by atoms with van der Waals surface area (Å²) >= 11 is 0. The third kappa shape index (κ3) is 5.52. The molecule has 178 valence electrons. The van der Waals surface area contributed by atoms with Gasteiger partial charge in [-0.05, 0) is 54.6 Å². The summed E-state index contributed by atoms with van der Waals surface area (Å²) in [6.07, 6.45) is -1.58. The fourth-order valence-electron chi connectivity index (χ4n) is 3.10. The van der Waals surface area contributed by atoms with Crippen molar-refractivity contribution in [1.29, 1.82) is 0 Å². The first-order chi connectivity index (χ1) is 16.7. The maximum Gasteiger partial charge on any atom is 0.416 e. The number of hydrogen-bond donors (Lipinski definition) is 2. The largest absolute Gasteiger partial charge is 0.435 e. The van der Waals surface area contributed by atoms with Gasteiger partial charge in [-0.25, -0.2) is 19.3 Å². The van der Waals surface area contributed by atoms with Gasteiger partial charge in [-0.1, -0.05) is 6.07 Å². The van der Waals surface area contributed by atoms with Crippen LogP contribution in [0.4, 0.5) is 29.2 Å². The predicted octanol–water partition coefficient (Wildman–Crippen LogP) is 5.78. The molecule has 0 bridgehead atoms. The maximum atomic E-state index is 14.5. The molecule has 0 saturated heterocycles. The number of benzene rings is 2. The van der Waals surface area contributed by atoms with Crippen LogP contribution in [0.25, 0.3) is 11.3 Å². The van der Waals surface area contributed by atoms with Gasteiger partial charge in [0.05, 0.1) is 16.8 Å². The predicted molar refractivity (Wildman–Crippen MR) is 121 cm³/mol. The Morgan fingerprint density at radius 1 is 0.971 bits per heavy atom. The molecule has 0 fully saturated rings. The van der Waals surface area contributed by atoms with E-state index in [9.17, 15) is 22.4 Å². The van der Waals surface area contributed by atoms with Gasteiger partial charge in [0.25, 0.3) is 5.91 Å². The lowest BCUT2D eigenvalue weighted by atomic mass is 10.1. The summed E-state index contributed by atoms with van der Waals surface area (Å²) in [4.78, 5) is 25.2. The van der Waals surface area contributed by atoms with Crippen molar-refractivity contribution in [3.63, 3.8) is 0 Å². The van der Waals surface area contributed by atoms with Crippen LogP contribution in [0.15, 0.2) is 73.1 Å². The second-order valence-corrected chi connectivity index (χ2v) is 7.15. The van der Waals surface area contributed by atoms with E-state index >= 15 is 0 Å². The van der Waals surface area contributed by atoms with Crippen LogP contribution in [-0.2, 0) is 6.18 Å². The summed E-state index contributed by atoms with van der Waals surface area (Å²) < 4.78 is 59.0. The first-order valence-electron chi connectivity index (χ1n) is 10.2. The second-order valence-electron chi connectivity index (χ2n) is 7.15. The van der Waals surface area contributed by atoms with Gasteiger partial charge in [0.1, 0.15) is 0 Å². The Labute approximate surface area is 196 Å². The van der Waals surface area contributed by atoms with Crippen molar-refractivity contribution >= 4 is 17.5 Å². The molecule has 0 atom stereocenters. The smallest absolute Gasteiger partial charge is 0.416 e. The molecule has 4 aromatic rings. The molecule has 11 heteroatoms. The van der Waals surface area contributed by atoms with E-state index in [1.54, 1.807) is 25.2 Å². The van der Waals surface area contributed by atoms with Crippen molar-refractivity contribution in [2.24, 2.45) is 0 Å². The molecule has 35 heavy (non-hydrogen) atoms. The quantitative estimate of drug-likeness (QED) is 0.338. The highest BCUT2D eigenvalue weighted by Crippen LogP contribution is 2.33. The molecule has 4 rings (SSSR count). The summed E-state index contributed by atoms with van der Waals surface area (Å²) in [5, 5.41) is 5.19.